The Labute approximate surface area is 105 Å². The quantitative estimate of drug-likeness (QED) is 0.836. The summed E-state index contributed by atoms with van der Waals surface area (Å²) >= 11 is 0. The van der Waals surface area contributed by atoms with Crippen molar-refractivity contribution < 1.29 is 28.2 Å². The van der Waals surface area contributed by atoms with Gasteiger partial charge in [0.1, 0.15) is 11.3 Å². The first-order chi connectivity index (χ1) is 8.73. The van der Waals surface area contributed by atoms with E-state index in [9.17, 15) is 23.1 Å². The average Bonchev–Trinajstić information content (AvgIpc) is 2.26. The molecule has 2 rings (SSSR count). The van der Waals surface area contributed by atoms with Gasteiger partial charge in [0, 0.05) is 5.39 Å². The first kappa shape index (κ1) is 13.1. The van der Waals surface area contributed by atoms with Crippen LogP contribution in [0.15, 0.2) is 18.2 Å². The minimum atomic E-state index is -4.63. The van der Waals surface area contributed by atoms with Gasteiger partial charge < -0.3 is 10.2 Å². The van der Waals surface area contributed by atoms with Gasteiger partial charge in [0.2, 0.25) is 0 Å². The number of carboxylic acids is 1. The number of pyridine rings is 1. The van der Waals surface area contributed by atoms with Crippen LogP contribution in [0.25, 0.3) is 10.9 Å². The zero-order chi connectivity index (χ0) is 14.4. The SMILES string of the molecule is Cc1nc2c(C(F)(F)F)cccc2c(O)c1C(=O)O. The molecule has 2 N–H and O–H groups in total. The predicted octanol–water partition coefficient (Wildman–Crippen LogP) is 2.97. The minimum Gasteiger partial charge on any atom is -0.506 e. The molecule has 0 amide bonds. The number of aromatic nitrogens is 1. The molecule has 0 unspecified atom stereocenters. The number of benzene rings is 1. The number of alkyl halides is 3. The van der Waals surface area contributed by atoms with Crippen LogP contribution in [-0.2, 0) is 6.18 Å². The minimum absolute atomic E-state index is 0.172. The van der Waals surface area contributed by atoms with Crippen molar-refractivity contribution in [2.24, 2.45) is 0 Å². The zero-order valence-corrected chi connectivity index (χ0v) is 9.62. The van der Waals surface area contributed by atoms with E-state index >= 15 is 0 Å². The summed E-state index contributed by atoms with van der Waals surface area (Å²) in [6, 6.07) is 3.11. The fourth-order valence-electron chi connectivity index (χ4n) is 1.87. The van der Waals surface area contributed by atoms with Crippen molar-refractivity contribution in [2.75, 3.05) is 0 Å². The Hall–Kier alpha value is -2.31. The van der Waals surface area contributed by atoms with Gasteiger partial charge in [0.25, 0.3) is 0 Å². The number of nitrogens with zero attached hydrogens (tertiary/aromatic N) is 1. The van der Waals surface area contributed by atoms with Gasteiger partial charge >= 0.3 is 12.1 Å². The highest BCUT2D eigenvalue weighted by Gasteiger charge is 2.34. The van der Waals surface area contributed by atoms with Gasteiger partial charge in [-0.2, -0.15) is 13.2 Å². The van der Waals surface area contributed by atoms with Crippen LogP contribution in [0.1, 0.15) is 21.6 Å². The van der Waals surface area contributed by atoms with Crippen LogP contribution in [0.2, 0.25) is 0 Å². The molecular formula is C12H8F3NO3. The Morgan fingerprint density at radius 1 is 1.32 bits per heavy atom. The van der Waals surface area contributed by atoms with Gasteiger partial charge in [0.05, 0.1) is 16.8 Å². The van der Waals surface area contributed by atoms with E-state index in [1.54, 1.807) is 0 Å². The number of hydrogen-bond donors (Lipinski definition) is 2. The lowest BCUT2D eigenvalue weighted by Crippen LogP contribution is -2.09. The molecule has 0 aliphatic heterocycles. The third-order valence-electron chi connectivity index (χ3n) is 2.69. The van der Waals surface area contributed by atoms with E-state index in [2.05, 4.69) is 4.98 Å². The van der Waals surface area contributed by atoms with Crippen LogP contribution in [0.3, 0.4) is 0 Å². The van der Waals surface area contributed by atoms with Crippen LogP contribution in [0.4, 0.5) is 13.2 Å². The Bertz CT molecular complexity index is 680. The van der Waals surface area contributed by atoms with Crippen LogP contribution < -0.4 is 0 Å². The van der Waals surface area contributed by atoms with Crippen molar-refractivity contribution in [3.05, 3.63) is 35.0 Å². The molecule has 0 spiro atoms. The zero-order valence-electron chi connectivity index (χ0n) is 9.62. The molecule has 4 nitrogen and oxygen atoms in total. The van der Waals surface area contributed by atoms with Gasteiger partial charge in [-0.15, -0.1) is 0 Å². The molecule has 0 saturated heterocycles. The number of aromatic carboxylic acids is 1. The molecule has 1 heterocycles. The van der Waals surface area contributed by atoms with E-state index in [0.717, 1.165) is 12.1 Å². The van der Waals surface area contributed by atoms with Crippen molar-refractivity contribution in [2.45, 2.75) is 13.1 Å². The van der Waals surface area contributed by atoms with Crippen LogP contribution >= 0.6 is 0 Å². The molecule has 7 heteroatoms. The highest BCUT2D eigenvalue weighted by atomic mass is 19.4. The summed E-state index contributed by atoms with van der Waals surface area (Å²) in [5.74, 6) is -2.15. The van der Waals surface area contributed by atoms with Crippen LogP contribution in [0.5, 0.6) is 5.75 Å². The molecule has 0 atom stereocenters. The third-order valence-corrected chi connectivity index (χ3v) is 2.69. The molecular weight excluding hydrogens is 263 g/mol. The monoisotopic (exact) mass is 271 g/mol. The molecule has 0 fully saturated rings. The number of carbonyl (C=O) groups is 1. The first-order valence-electron chi connectivity index (χ1n) is 5.16. The number of aryl methyl sites for hydroxylation is 1. The number of carboxylic acid groups (broad SMARTS) is 1. The van der Waals surface area contributed by atoms with Gasteiger partial charge in [-0.05, 0) is 19.1 Å². The lowest BCUT2D eigenvalue weighted by atomic mass is 10.0. The lowest BCUT2D eigenvalue weighted by molar-refractivity contribution is -0.136. The molecule has 1 aromatic carbocycles. The van der Waals surface area contributed by atoms with E-state index in [-0.39, 0.29) is 11.1 Å². The number of halogens is 3. The Balaban J connectivity index is 2.92. The molecule has 2 aromatic rings. The molecule has 0 saturated carbocycles. The van der Waals surface area contributed by atoms with Gasteiger partial charge in [-0.25, -0.2) is 4.79 Å². The molecule has 0 radical (unpaired) electrons. The number of para-hydroxylation sites is 1. The fraction of sp³-hybridized carbons (Fsp3) is 0.167. The normalized spacial score (nSPS) is 11.8. The first-order valence-corrected chi connectivity index (χ1v) is 5.16. The topological polar surface area (TPSA) is 70.4 Å². The smallest absolute Gasteiger partial charge is 0.418 e. The molecule has 19 heavy (non-hydrogen) atoms. The number of hydrogen-bond acceptors (Lipinski definition) is 3. The molecule has 100 valence electrons. The summed E-state index contributed by atoms with van der Waals surface area (Å²) in [4.78, 5) is 14.6. The summed E-state index contributed by atoms with van der Waals surface area (Å²) in [6.07, 6.45) is -4.63. The van der Waals surface area contributed by atoms with E-state index in [1.165, 1.54) is 13.0 Å². The number of aromatic hydroxyl groups is 1. The van der Waals surface area contributed by atoms with Crippen molar-refractivity contribution in [3.63, 3.8) is 0 Å². The summed E-state index contributed by atoms with van der Waals surface area (Å²) in [6.45, 7) is 1.23. The Morgan fingerprint density at radius 2 is 1.95 bits per heavy atom. The fourth-order valence-corrected chi connectivity index (χ4v) is 1.87. The third kappa shape index (κ3) is 2.07. The van der Waals surface area contributed by atoms with E-state index in [4.69, 9.17) is 5.11 Å². The molecule has 0 bridgehead atoms. The maximum absolute atomic E-state index is 12.8. The van der Waals surface area contributed by atoms with Crippen LogP contribution in [0, 0.1) is 6.92 Å². The van der Waals surface area contributed by atoms with Gasteiger partial charge in [0.15, 0.2) is 0 Å². The molecule has 0 aliphatic carbocycles. The number of fused-ring (bicyclic) bond motifs is 1. The molecule has 1 aromatic heterocycles. The second-order valence-electron chi connectivity index (χ2n) is 3.93. The molecule has 0 aliphatic rings. The van der Waals surface area contributed by atoms with E-state index in [0.29, 0.717) is 0 Å². The number of rotatable bonds is 1. The van der Waals surface area contributed by atoms with Crippen molar-refractivity contribution in [1.82, 2.24) is 4.98 Å². The van der Waals surface area contributed by atoms with Gasteiger partial charge in [-0.3, -0.25) is 4.98 Å². The highest BCUT2D eigenvalue weighted by molar-refractivity contribution is 6.00. The maximum atomic E-state index is 12.8. The summed E-state index contributed by atoms with van der Waals surface area (Å²) in [7, 11) is 0. The van der Waals surface area contributed by atoms with Crippen molar-refractivity contribution in [3.8, 4) is 5.75 Å². The summed E-state index contributed by atoms with van der Waals surface area (Å²) in [5.41, 5.74) is -2.14. The van der Waals surface area contributed by atoms with Gasteiger partial charge in [-0.1, -0.05) is 6.07 Å². The highest BCUT2D eigenvalue weighted by Crippen LogP contribution is 2.38. The average molecular weight is 271 g/mol. The van der Waals surface area contributed by atoms with E-state index < -0.39 is 34.5 Å². The van der Waals surface area contributed by atoms with Crippen molar-refractivity contribution >= 4 is 16.9 Å². The second-order valence-corrected chi connectivity index (χ2v) is 3.93. The standard InChI is InChI=1S/C12H8F3NO3/c1-5-8(11(18)19)10(17)6-3-2-4-7(9(6)16-5)12(13,14)15/h2-4H,1H3,(H,16,17)(H,18,19). The lowest BCUT2D eigenvalue weighted by Gasteiger charge is -2.12. The van der Waals surface area contributed by atoms with E-state index in [1.807, 2.05) is 0 Å². The Morgan fingerprint density at radius 3 is 2.47 bits per heavy atom. The maximum Gasteiger partial charge on any atom is 0.418 e. The Kier molecular flexibility index (Phi) is 2.84. The largest absolute Gasteiger partial charge is 0.506 e. The summed E-state index contributed by atoms with van der Waals surface area (Å²) < 4.78 is 38.4. The summed E-state index contributed by atoms with van der Waals surface area (Å²) in [5, 5.41) is 18.5. The van der Waals surface area contributed by atoms with Crippen molar-refractivity contribution in [1.29, 1.82) is 0 Å². The predicted molar refractivity (Wildman–Crippen MR) is 60.1 cm³/mol. The van der Waals surface area contributed by atoms with Crippen LogP contribution in [-0.4, -0.2) is 21.2 Å². The second kappa shape index (κ2) is 4.11.